The van der Waals surface area contributed by atoms with Gasteiger partial charge in [0.1, 0.15) is 11.6 Å². The number of rotatable bonds is 4. The molecule has 0 unspecified atom stereocenters. The molecule has 0 amide bonds. The zero-order valence-corrected chi connectivity index (χ0v) is 15.1. The normalized spacial score (nSPS) is 18.3. The SMILES string of the molecule is Cc1nc(C)n(C[C@H]2CCCN2Cc2nc3ccccc3nc2C)n1. The summed E-state index contributed by atoms with van der Waals surface area (Å²) in [6, 6.07) is 8.56. The molecular formula is C19H24N6. The fraction of sp³-hybridized carbons (Fsp3) is 0.474. The summed E-state index contributed by atoms with van der Waals surface area (Å²) in [5, 5.41) is 4.52. The van der Waals surface area contributed by atoms with Crippen molar-refractivity contribution in [3.63, 3.8) is 0 Å². The van der Waals surface area contributed by atoms with Crippen molar-refractivity contribution >= 4 is 11.0 Å². The number of aromatic nitrogens is 5. The second kappa shape index (κ2) is 6.52. The zero-order chi connectivity index (χ0) is 17.4. The van der Waals surface area contributed by atoms with E-state index in [1.165, 1.54) is 12.8 Å². The third kappa shape index (κ3) is 3.26. The van der Waals surface area contributed by atoms with Crippen molar-refractivity contribution in [1.29, 1.82) is 0 Å². The van der Waals surface area contributed by atoms with Gasteiger partial charge in [-0.25, -0.2) is 19.6 Å². The van der Waals surface area contributed by atoms with Crippen molar-refractivity contribution in [2.75, 3.05) is 6.54 Å². The van der Waals surface area contributed by atoms with Crippen molar-refractivity contribution < 1.29 is 0 Å². The molecule has 1 aliphatic rings. The van der Waals surface area contributed by atoms with Gasteiger partial charge in [0, 0.05) is 12.6 Å². The Bertz CT molecular complexity index is 900. The predicted molar refractivity (Wildman–Crippen MR) is 97.2 cm³/mol. The molecule has 6 nitrogen and oxygen atoms in total. The highest BCUT2D eigenvalue weighted by Crippen LogP contribution is 2.23. The lowest BCUT2D eigenvalue weighted by Crippen LogP contribution is -2.33. The van der Waals surface area contributed by atoms with E-state index in [0.717, 1.165) is 53.7 Å². The smallest absolute Gasteiger partial charge is 0.147 e. The first kappa shape index (κ1) is 16.1. The Hall–Kier alpha value is -2.34. The van der Waals surface area contributed by atoms with E-state index in [-0.39, 0.29) is 0 Å². The van der Waals surface area contributed by atoms with E-state index in [2.05, 4.69) is 21.9 Å². The molecule has 1 fully saturated rings. The molecule has 0 aliphatic carbocycles. The minimum absolute atomic E-state index is 0.479. The highest BCUT2D eigenvalue weighted by Gasteiger charge is 2.26. The molecule has 3 heterocycles. The van der Waals surface area contributed by atoms with Crippen molar-refractivity contribution in [3.8, 4) is 0 Å². The van der Waals surface area contributed by atoms with Gasteiger partial charge in [-0.3, -0.25) is 4.90 Å². The van der Waals surface area contributed by atoms with E-state index in [1.54, 1.807) is 0 Å². The van der Waals surface area contributed by atoms with Crippen molar-refractivity contribution in [2.24, 2.45) is 0 Å². The van der Waals surface area contributed by atoms with E-state index < -0.39 is 0 Å². The maximum Gasteiger partial charge on any atom is 0.147 e. The van der Waals surface area contributed by atoms with Crippen LogP contribution < -0.4 is 0 Å². The molecule has 1 saturated heterocycles. The Kier molecular flexibility index (Phi) is 4.21. The third-order valence-corrected chi connectivity index (χ3v) is 5.04. The first-order chi connectivity index (χ1) is 12.1. The van der Waals surface area contributed by atoms with Crippen LogP contribution in [0, 0.1) is 20.8 Å². The summed E-state index contributed by atoms with van der Waals surface area (Å²) in [4.78, 5) is 16.5. The van der Waals surface area contributed by atoms with Crippen molar-refractivity contribution in [3.05, 3.63) is 47.3 Å². The molecule has 0 radical (unpaired) electrons. The Morgan fingerprint density at radius 1 is 1.04 bits per heavy atom. The van der Waals surface area contributed by atoms with E-state index in [4.69, 9.17) is 9.97 Å². The largest absolute Gasteiger partial charge is 0.293 e. The van der Waals surface area contributed by atoms with Gasteiger partial charge in [-0.2, -0.15) is 5.10 Å². The summed E-state index contributed by atoms with van der Waals surface area (Å²) < 4.78 is 2.04. The summed E-state index contributed by atoms with van der Waals surface area (Å²) in [6.07, 6.45) is 2.41. The summed E-state index contributed by atoms with van der Waals surface area (Å²) in [7, 11) is 0. The number of para-hydroxylation sites is 2. The molecule has 130 valence electrons. The van der Waals surface area contributed by atoms with Gasteiger partial charge in [-0.05, 0) is 52.3 Å². The Morgan fingerprint density at radius 2 is 1.80 bits per heavy atom. The lowest BCUT2D eigenvalue weighted by atomic mass is 10.2. The van der Waals surface area contributed by atoms with E-state index >= 15 is 0 Å². The van der Waals surface area contributed by atoms with Crippen LogP contribution in [0.5, 0.6) is 0 Å². The van der Waals surface area contributed by atoms with E-state index in [9.17, 15) is 0 Å². The molecule has 1 aliphatic heterocycles. The van der Waals surface area contributed by atoms with Crippen LogP contribution in [0.4, 0.5) is 0 Å². The van der Waals surface area contributed by atoms with Gasteiger partial charge < -0.3 is 0 Å². The van der Waals surface area contributed by atoms with Gasteiger partial charge in [0.15, 0.2) is 0 Å². The van der Waals surface area contributed by atoms with Gasteiger partial charge in [0.05, 0.1) is 29.0 Å². The number of hydrogen-bond donors (Lipinski definition) is 0. The maximum atomic E-state index is 4.86. The average Bonchev–Trinajstić information content (AvgIpc) is 3.14. The molecule has 1 atom stereocenters. The van der Waals surface area contributed by atoms with Crippen LogP contribution in [0.15, 0.2) is 24.3 Å². The van der Waals surface area contributed by atoms with Gasteiger partial charge >= 0.3 is 0 Å². The average molecular weight is 336 g/mol. The van der Waals surface area contributed by atoms with E-state index in [1.807, 2.05) is 42.8 Å². The van der Waals surface area contributed by atoms with Crippen molar-refractivity contribution in [1.82, 2.24) is 29.6 Å². The van der Waals surface area contributed by atoms with Gasteiger partial charge in [0.2, 0.25) is 0 Å². The van der Waals surface area contributed by atoms with Crippen LogP contribution in [0.3, 0.4) is 0 Å². The van der Waals surface area contributed by atoms with Crippen LogP contribution in [-0.2, 0) is 13.1 Å². The molecular weight excluding hydrogens is 312 g/mol. The quantitative estimate of drug-likeness (QED) is 0.733. The topological polar surface area (TPSA) is 59.7 Å². The predicted octanol–water partition coefficient (Wildman–Crippen LogP) is 2.81. The monoisotopic (exact) mass is 336 g/mol. The summed E-state index contributed by atoms with van der Waals surface area (Å²) in [5.41, 5.74) is 4.05. The minimum Gasteiger partial charge on any atom is -0.293 e. The highest BCUT2D eigenvalue weighted by molar-refractivity contribution is 5.74. The molecule has 1 aromatic carbocycles. The number of likely N-dealkylation sites (tertiary alicyclic amines) is 1. The molecule has 0 saturated carbocycles. The molecule has 0 N–H and O–H groups in total. The summed E-state index contributed by atoms with van der Waals surface area (Å²) in [5.74, 6) is 1.84. The van der Waals surface area contributed by atoms with Crippen molar-refractivity contribution in [2.45, 2.75) is 52.7 Å². The van der Waals surface area contributed by atoms with Crippen LogP contribution in [0.25, 0.3) is 11.0 Å². The molecule has 4 rings (SSSR count). The van der Waals surface area contributed by atoms with Crippen LogP contribution in [-0.4, -0.2) is 42.2 Å². The molecule has 3 aromatic rings. The fourth-order valence-electron chi connectivity index (χ4n) is 3.71. The second-order valence-electron chi connectivity index (χ2n) is 6.90. The number of fused-ring (bicyclic) bond motifs is 1. The molecule has 0 spiro atoms. The molecule has 2 aromatic heterocycles. The number of hydrogen-bond acceptors (Lipinski definition) is 5. The molecule has 0 bridgehead atoms. The lowest BCUT2D eigenvalue weighted by Gasteiger charge is -2.24. The van der Waals surface area contributed by atoms with Crippen LogP contribution in [0.2, 0.25) is 0 Å². The summed E-state index contributed by atoms with van der Waals surface area (Å²) in [6.45, 7) is 8.88. The fourth-order valence-corrected chi connectivity index (χ4v) is 3.71. The first-order valence-corrected chi connectivity index (χ1v) is 8.94. The van der Waals surface area contributed by atoms with Crippen LogP contribution >= 0.6 is 0 Å². The summed E-state index contributed by atoms with van der Waals surface area (Å²) >= 11 is 0. The number of aryl methyl sites for hydroxylation is 3. The highest BCUT2D eigenvalue weighted by atomic mass is 15.4. The van der Waals surface area contributed by atoms with Crippen LogP contribution in [0.1, 0.15) is 35.9 Å². The Balaban J connectivity index is 1.55. The number of benzene rings is 1. The first-order valence-electron chi connectivity index (χ1n) is 8.94. The third-order valence-electron chi connectivity index (χ3n) is 5.04. The van der Waals surface area contributed by atoms with Gasteiger partial charge in [-0.1, -0.05) is 12.1 Å². The number of nitrogens with zero attached hydrogens (tertiary/aromatic N) is 6. The van der Waals surface area contributed by atoms with E-state index in [0.29, 0.717) is 6.04 Å². The molecule has 6 heteroatoms. The standard InChI is InChI=1S/C19H24N6/c1-13-19(22-18-9-5-4-8-17(18)20-13)12-24-10-6-7-16(24)11-25-15(3)21-14(2)23-25/h4-5,8-9,16H,6-7,10-12H2,1-3H3/t16-/m1/s1. The Labute approximate surface area is 147 Å². The lowest BCUT2D eigenvalue weighted by molar-refractivity contribution is 0.215. The zero-order valence-electron chi connectivity index (χ0n) is 15.1. The molecule has 25 heavy (non-hydrogen) atoms. The minimum atomic E-state index is 0.479. The van der Waals surface area contributed by atoms with Gasteiger partial charge in [0.25, 0.3) is 0 Å². The van der Waals surface area contributed by atoms with Gasteiger partial charge in [-0.15, -0.1) is 0 Å². The maximum absolute atomic E-state index is 4.86. The second-order valence-corrected chi connectivity index (χ2v) is 6.90. The Morgan fingerprint density at radius 3 is 2.52 bits per heavy atom.